The second-order valence-electron chi connectivity index (χ2n) is 7.90. The molecule has 1 amide bonds. The second kappa shape index (κ2) is 12.7. The lowest BCUT2D eigenvalue weighted by Gasteiger charge is -2.27. The Bertz CT molecular complexity index is 665. The standard InChI is InChI=1S/C21H33N5O2.HI/c1-21(2,3)28-20(27)26(16-17-9-7-12-23-15-17)14-8-13-24-19(22-4)25-18-10-5-6-11-18;/h5-7,9,12,15,18H,8,10-11,13-14,16H2,1-4H3,(H2,22,24,25);1H. The molecule has 1 aliphatic rings. The maximum Gasteiger partial charge on any atom is 0.410 e. The number of aromatic nitrogens is 1. The van der Waals surface area contributed by atoms with Gasteiger partial charge in [-0.25, -0.2) is 4.79 Å². The summed E-state index contributed by atoms with van der Waals surface area (Å²) in [4.78, 5) is 22.7. The number of nitrogens with zero attached hydrogens (tertiary/aromatic N) is 3. The first-order chi connectivity index (χ1) is 13.4. The molecule has 2 rings (SSSR count). The lowest BCUT2D eigenvalue weighted by Crippen LogP contribution is -2.43. The van der Waals surface area contributed by atoms with Crippen LogP contribution in [0.2, 0.25) is 0 Å². The SMILES string of the molecule is CN=C(NCCCN(Cc1cccnc1)C(=O)OC(C)(C)C)NC1CC=CC1.I. The third-order valence-electron chi connectivity index (χ3n) is 4.22. The van der Waals surface area contributed by atoms with E-state index in [9.17, 15) is 4.79 Å². The zero-order chi connectivity index (χ0) is 20.4. The van der Waals surface area contributed by atoms with Crippen LogP contribution in [0.3, 0.4) is 0 Å². The molecule has 0 fully saturated rings. The molecule has 8 heteroatoms. The van der Waals surface area contributed by atoms with E-state index < -0.39 is 5.60 Å². The normalized spacial score (nSPS) is 14.3. The summed E-state index contributed by atoms with van der Waals surface area (Å²) in [6, 6.07) is 4.25. The van der Waals surface area contributed by atoms with Crippen LogP contribution >= 0.6 is 24.0 Å². The minimum absolute atomic E-state index is 0. The number of guanidine groups is 1. The molecule has 0 saturated carbocycles. The summed E-state index contributed by atoms with van der Waals surface area (Å²) in [7, 11) is 1.77. The molecular formula is C21H34IN5O2. The number of carbonyl (C=O) groups is 1. The van der Waals surface area contributed by atoms with Gasteiger partial charge in [0, 0.05) is 38.6 Å². The van der Waals surface area contributed by atoms with Crippen LogP contribution in [-0.4, -0.2) is 53.7 Å². The van der Waals surface area contributed by atoms with E-state index in [2.05, 4.69) is 32.8 Å². The zero-order valence-corrected chi connectivity index (χ0v) is 20.2. The molecule has 29 heavy (non-hydrogen) atoms. The Balaban J connectivity index is 0.00000420. The van der Waals surface area contributed by atoms with Gasteiger partial charge in [0.15, 0.2) is 5.96 Å². The van der Waals surface area contributed by atoms with Crippen molar-refractivity contribution >= 4 is 36.0 Å². The number of nitrogens with one attached hydrogen (secondary N) is 2. The minimum Gasteiger partial charge on any atom is -0.444 e. The average molecular weight is 515 g/mol. The number of halogens is 1. The fourth-order valence-corrected chi connectivity index (χ4v) is 2.87. The van der Waals surface area contributed by atoms with Gasteiger partial charge >= 0.3 is 6.09 Å². The number of hydrogen-bond acceptors (Lipinski definition) is 4. The third-order valence-corrected chi connectivity index (χ3v) is 4.22. The Labute approximate surface area is 191 Å². The minimum atomic E-state index is -0.524. The summed E-state index contributed by atoms with van der Waals surface area (Å²) in [5.41, 5.74) is 0.455. The highest BCUT2D eigenvalue weighted by molar-refractivity contribution is 14.0. The summed E-state index contributed by atoms with van der Waals surface area (Å²) < 4.78 is 5.56. The monoisotopic (exact) mass is 515 g/mol. The van der Waals surface area contributed by atoms with E-state index in [1.807, 2.05) is 32.9 Å². The first kappa shape index (κ1) is 25.2. The molecule has 2 N–H and O–H groups in total. The molecule has 1 aliphatic carbocycles. The van der Waals surface area contributed by atoms with Gasteiger partial charge in [-0.1, -0.05) is 18.2 Å². The predicted octanol–water partition coefficient (Wildman–Crippen LogP) is 3.71. The zero-order valence-electron chi connectivity index (χ0n) is 17.9. The number of carbonyl (C=O) groups excluding carboxylic acids is 1. The molecule has 1 heterocycles. The Kier molecular flexibility index (Phi) is 11.0. The van der Waals surface area contributed by atoms with Crippen LogP contribution in [0.15, 0.2) is 41.7 Å². The summed E-state index contributed by atoms with van der Waals surface area (Å²) >= 11 is 0. The maximum atomic E-state index is 12.6. The van der Waals surface area contributed by atoms with E-state index in [0.717, 1.165) is 30.8 Å². The van der Waals surface area contributed by atoms with Crippen molar-refractivity contribution in [3.05, 3.63) is 42.2 Å². The van der Waals surface area contributed by atoms with Gasteiger partial charge in [-0.3, -0.25) is 9.98 Å². The van der Waals surface area contributed by atoms with E-state index in [1.54, 1.807) is 24.3 Å². The van der Waals surface area contributed by atoms with Gasteiger partial charge in [-0.05, 0) is 51.7 Å². The summed E-state index contributed by atoms with van der Waals surface area (Å²) in [6.45, 7) is 7.40. The number of rotatable bonds is 7. The Morgan fingerprint density at radius 3 is 2.66 bits per heavy atom. The van der Waals surface area contributed by atoms with Crippen LogP contribution in [0.1, 0.15) is 45.6 Å². The summed E-state index contributed by atoms with van der Waals surface area (Å²) in [6.07, 6.45) is 10.4. The molecule has 0 saturated heterocycles. The number of pyridine rings is 1. The fourth-order valence-electron chi connectivity index (χ4n) is 2.87. The van der Waals surface area contributed by atoms with Crippen molar-refractivity contribution in [2.45, 2.75) is 58.2 Å². The highest BCUT2D eigenvalue weighted by Crippen LogP contribution is 2.13. The molecular weight excluding hydrogens is 481 g/mol. The number of hydrogen-bond donors (Lipinski definition) is 2. The molecule has 162 valence electrons. The van der Waals surface area contributed by atoms with Crippen LogP contribution in [0.4, 0.5) is 4.79 Å². The smallest absolute Gasteiger partial charge is 0.410 e. The maximum absolute atomic E-state index is 12.6. The Morgan fingerprint density at radius 1 is 1.34 bits per heavy atom. The summed E-state index contributed by atoms with van der Waals surface area (Å²) in [5, 5.41) is 6.73. The van der Waals surface area contributed by atoms with E-state index in [4.69, 9.17) is 4.74 Å². The van der Waals surface area contributed by atoms with E-state index in [-0.39, 0.29) is 30.1 Å². The molecule has 1 aromatic heterocycles. The van der Waals surface area contributed by atoms with Gasteiger partial charge in [0.1, 0.15) is 5.60 Å². The molecule has 7 nitrogen and oxygen atoms in total. The largest absolute Gasteiger partial charge is 0.444 e. The van der Waals surface area contributed by atoms with Crippen molar-refractivity contribution in [2.75, 3.05) is 20.1 Å². The average Bonchev–Trinajstić information content (AvgIpc) is 3.15. The molecule has 0 bridgehead atoms. The van der Waals surface area contributed by atoms with Gasteiger partial charge in [-0.15, -0.1) is 24.0 Å². The van der Waals surface area contributed by atoms with Gasteiger partial charge in [0.05, 0.1) is 6.54 Å². The molecule has 1 aromatic rings. The summed E-state index contributed by atoms with van der Waals surface area (Å²) in [5.74, 6) is 0.796. The van der Waals surface area contributed by atoms with Crippen LogP contribution in [0.5, 0.6) is 0 Å². The van der Waals surface area contributed by atoms with Crippen molar-refractivity contribution in [1.82, 2.24) is 20.5 Å². The highest BCUT2D eigenvalue weighted by atomic mass is 127. The van der Waals surface area contributed by atoms with Crippen molar-refractivity contribution in [3.63, 3.8) is 0 Å². The van der Waals surface area contributed by atoms with Crippen LogP contribution < -0.4 is 10.6 Å². The lowest BCUT2D eigenvalue weighted by atomic mass is 10.2. The van der Waals surface area contributed by atoms with Crippen molar-refractivity contribution in [1.29, 1.82) is 0 Å². The van der Waals surface area contributed by atoms with Gasteiger partial charge in [0.25, 0.3) is 0 Å². The molecule has 0 radical (unpaired) electrons. The van der Waals surface area contributed by atoms with E-state index in [0.29, 0.717) is 25.7 Å². The van der Waals surface area contributed by atoms with E-state index >= 15 is 0 Å². The Hall–Kier alpha value is -1.84. The number of ether oxygens (including phenoxy) is 1. The molecule has 0 unspecified atom stereocenters. The fraction of sp³-hybridized carbons (Fsp3) is 0.571. The number of aliphatic imine (C=N–C) groups is 1. The molecule has 0 aromatic carbocycles. The lowest BCUT2D eigenvalue weighted by molar-refractivity contribution is 0.0232. The molecule has 0 aliphatic heterocycles. The first-order valence-electron chi connectivity index (χ1n) is 9.86. The van der Waals surface area contributed by atoms with Gasteiger partial charge in [0.2, 0.25) is 0 Å². The van der Waals surface area contributed by atoms with Crippen molar-refractivity contribution in [2.24, 2.45) is 4.99 Å². The molecule has 0 spiro atoms. The number of amides is 1. The van der Waals surface area contributed by atoms with Crippen molar-refractivity contribution in [3.8, 4) is 0 Å². The van der Waals surface area contributed by atoms with Gasteiger partial charge in [-0.2, -0.15) is 0 Å². The first-order valence-corrected chi connectivity index (χ1v) is 9.86. The van der Waals surface area contributed by atoms with Crippen LogP contribution in [-0.2, 0) is 11.3 Å². The highest BCUT2D eigenvalue weighted by Gasteiger charge is 2.22. The van der Waals surface area contributed by atoms with Crippen molar-refractivity contribution < 1.29 is 9.53 Å². The second-order valence-corrected chi connectivity index (χ2v) is 7.90. The predicted molar refractivity (Wildman–Crippen MR) is 128 cm³/mol. The van der Waals surface area contributed by atoms with Crippen LogP contribution in [0, 0.1) is 0 Å². The quantitative estimate of drug-likeness (QED) is 0.190. The van der Waals surface area contributed by atoms with Crippen LogP contribution in [0.25, 0.3) is 0 Å². The third kappa shape index (κ3) is 9.96. The van der Waals surface area contributed by atoms with Gasteiger partial charge < -0.3 is 20.3 Å². The topological polar surface area (TPSA) is 78.9 Å². The van der Waals surface area contributed by atoms with E-state index in [1.165, 1.54) is 0 Å². The Morgan fingerprint density at radius 2 is 2.07 bits per heavy atom. The molecule has 0 atom stereocenters.